The van der Waals surface area contributed by atoms with E-state index in [1.165, 1.54) is 0 Å². The summed E-state index contributed by atoms with van der Waals surface area (Å²) < 4.78 is 6.14. The first kappa shape index (κ1) is 11.1. The quantitative estimate of drug-likeness (QED) is 0.847. The first-order valence-electron chi connectivity index (χ1n) is 4.64. The number of halogens is 2. The molecule has 0 spiro atoms. The molecule has 1 saturated heterocycles. The van der Waals surface area contributed by atoms with Crippen molar-refractivity contribution in [3.63, 3.8) is 0 Å². The van der Waals surface area contributed by atoms with Crippen LogP contribution in [-0.2, 0) is 4.74 Å². The first-order valence-corrected chi connectivity index (χ1v) is 5.87. The smallest absolute Gasteiger partial charge is 0.223 e. The number of rotatable bonds is 2. The Morgan fingerprint density at radius 2 is 2.40 bits per heavy atom. The van der Waals surface area contributed by atoms with Crippen LogP contribution in [0.15, 0.2) is 10.7 Å². The molecule has 6 heteroatoms. The highest BCUT2D eigenvalue weighted by Gasteiger charge is 2.26. The van der Waals surface area contributed by atoms with Crippen molar-refractivity contribution >= 4 is 33.5 Å². The topological polar surface area (TPSA) is 47.0 Å². The molecule has 0 saturated carbocycles. The summed E-state index contributed by atoms with van der Waals surface area (Å²) in [5.41, 5.74) is 0.900. The minimum Gasteiger partial charge on any atom is -0.378 e. The molecule has 2 rings (SSSR count). The van der Waals surface area contributed by atoms with Crippen LogP contribution in [0.2, 0.25) is 0 Å². The predicted molar refractivity (Wildman–Crippen MR) is 62.3 cm³/mol. The molecule has 4 nitrogen and oxygen atoms in total. The number of anilines is 1. The zero-order valence-electron chi connectivity index (χ0n) is 8.20. The van der Waals surface area contributed by atoms with Gasteiger partial charge < -0.3 is 10.1 Å². The molecule has 1 N–H and O–H groups in total. The van der Waals surface area contributed by atoms with Crippen LogP contribution in [0, 0.1) is 6.92 Å². The Kier molecular flexibility index (Phi) is 3.43. The van der Waals surface area contributed by atoms with Gasteiger partial charge in [-0.3, -0.25) is 0 Å². The zero-order chi connectivity index (χ0) is 10.8. The maximum Gasteiger partial charge on any atom is 0.223 e. The van der Waals surface area contributed by atoms with E-state index in [4.69, 9.17) is 16.3 Å². The van der Waals surface area contributed by atoms with Gasteiger partial charge in [0, 0.05) is 6.20 Å². The van der Waals surface area contributed by atoms with Crippen molar-refractivity contribution in [2.24, 2.45) is 0 Å². The van der Waals surface area contributed by atoms with Crippen LogP contribution in [0.5, 0.6) is 0 Å². The van der Waals surface area contributed by atoms with Gasteiger partial charge in [0.2, 0.25) is 5.95 Å². The lowest BCUT2D eigenvalue weighted by Crippen LogP contribution is -2.29. The molecule has 82 valence electrons. The van der Waals surface area contributed by atoms with Gasteiger partial charge >= 0.3 is 0 Å². The lowest BCUT2D eigenvalue weighted by Gasteiger charge is -2.13. The standard InChI is InChI=1S/C9H11BrClN3O/c1-5-6(10)2-12-9(13-5)14-8-4-15-3-7(8)11/h2,7-8H,3-4H2,1H3,(H,12,13,14). The lowest BCUT2D eigenvalue weighted by atomic mass is 10.2. The molecule has 2 heterocycles. The van der Waals surface area contributed by atoms with Gasteiger partial charge in [0.25, 0.3) is 0 Å². The van der Waals surface area contributed by atoms with Gasteiger partial charge in [0.05, 0.1) is 34.8 Å². The van der Waals surface area contributed by atoms with E-state index in [0.29, 0.717) is 19.2 Å². The summed E-state index contributed by atoms with van der Waals surface area (Å²) in [6.07, 6.45) is 1.73. The van der Waals surface area contributed by atoms with Crippen molar-refractivity contribution in [2.75, 3.05) is 18.5 Å². The summed E-state index contributed by atoms with van der Waals surface area (Å²) in [6.45, 7) is 3.10. The first-order chi connectivity index (χ1) is 7.16. The van der Waals surface area contributed by atoms with Crippen LogP contribution in [-0.4, -0.2) is 34.6 Å². The van der Waals surface area contributed by atoms with E-state index < -0.39 is 0 Å². The molecule has 1 aromatic rings. The minimum atomic E-state index is -0.0162. The molecule has 0 amide bonds. The molecule has 0 aromatic carbocycles. The number of alkyl halides is 1. The third-order valence-electron chi connectivity index (χ3n) is 2.24. The number of hydrogen-bond donors (Lipinski definition) is 1. The van der Waals surface area contributed by atoms with E-state index in [2.05, 4.69) is 31.2 Å². The molecule has 0 radical (unpaired) electrons. The Hall–Kier alpha value is -0.390. The molecule has 1 aromatic heterocycles. The minimum absolute atomic E-state index is 0.0162. The second-order valence-electron chi connectivity index (χ2n) is 3.43. The van der Waals surface area contributed by atoms with E-state index >= 15 is 0 Å². The molecule has 0 bridgehead atoms. The Labute approximate surface area is 102 Å². The second-order valence-corrected chi connectivity index (χ2v) is 4.85. The maximum atomic E-state index is 6.05. The van der Waals surface area contributed by atoms with Crippen LogP contribution in [0.1, 0.15) is 5.69 Å². The highest BCUT2D eigenvalue weighted by molar-refractivity contribution is 9.10. The summed E-state index contributed by atoms with van der Waals surface area (Å²) in [6, 6.07) is 0.0900. The fourth-order valence-electron chi connectivity index (χ4n) is 1.35. The molecular formula is C9H11BrClN3O. The SMILES string of the molecule is Cc1nc(NC2COCC2Cl)ncc1Br. The molecule has 2 unspecified atom stereocenters. The highest BCUT2D eigenvalue weighted by atomic mass is 79.9. The van der Waals surface area contributed by atoms with Gasteiger partial charge in [0.15, 0.2) is 0 Å². The molecule has 2 atom stereocenters. The molecular weight excluding hydrogens is 281 g/mol. The van der Waals surface area contributed by atoms with Crippen LogP contribution in [0.4, 0.5) is 5.95 Å². The van der Waals surface area contributed by atoms with Crippen LogP contribution in [0.25, 0.3) is 0 Å². The van der Waals surface area contributed by atoms with Crippen LogP contribution >= 0.6 is 27.5 Å². The molecule has 1 aliphatic heterocycles. The van der Waals surface area contributed by atoms with Crippen LogP contribution in [0.3, 0.4) is 0 Å². The van der Waals surface area contributed by atoms with E-state index in [0.717, 1.165) is 10.2 Å². The van der Waals surface area contributed by atoms with Gasteiger partial charge in [-0.2, -0.15) is 0 Å². The Morgan fingerprint density at radius 3 is 3.00 bits per heavy atom. The van der Waals surface area contributed by atoms with E-state index in [-0.39, 0.29) is 11.4 Å². The summed E-state index contributed by atoms with van der Waals surface area (Å²) >= 11 is 9.40. The fourth-order valence-corrected chi connectivity index (χ4v) is 1.76. The number of nitrogens with one attached hydrogen (secondary N) is 1. The van der Waals surface area contributed by atoms with Gasteiger partial charge in [-0.25, -0.2) is 9.97 Å². The fraction of sp³-hybridized carbons (Fsp3) is 0.556. The second kappa shape index (κ2) is 4.63. The van der Waals surface area contributed by atoms with Crippen LogP contribution < -0.4 is 5.32 Å². The highest BCUT2D eigenvalue weighted by Crippen LogP contribution is 2.18. The van der Waals surface area contributed by atoms with Crippen molar-refractivity contribution in [2.45, 2.75) is 18.3 Å². The molecule has 1 aliphatic rings. The van der Waals surface area contributed by atoms with E-state index in [1.54, 1.807) is 6.20 Å². The molecule has 15 heavy (non-hydrogen) atoms. The normalized spacial score (nSPS) is 25.5. The molecule has 0 aliphatic carbocycles. The summed E-state index contributed by atoms with van der Waals surface area (Å²) in [7, 11) is 0. The molecule has 1 fully saturated rings. The number of aryl methyl sites for hydroxylation is 1. The van der Waals surface area contributed by atoms with Crippen molar-refractivity contribution in [3.05, 3.63) is 16.4 Å². The Bertz CT molecular complexity index is 363. The number of ether oxygens (including phenoxy) is 1. The van der Waals surface area contributed by atoms with Gasteiger partial charge in [-0.05, 0) is 22.9 Å². The maximum absolute atomic E-state index is 6.05. The predicted octanol–water partition coefficient (Wildman–Crippen LogP) is 1.97. The average Bonchev–Trinajstić information content (AvgIpc) is 2.59. The third kappa shape index (κ3) is 2.59. The summed E-state index contributed by atoms with van der Waals surface area (Å²) in [4.78, 5) is 8.44. The number of nitrogens with zero attached hydrogens (tertiary/aromatic N) is 2. The average molecular weight is 293 g/mol. The number of aromatic nitrogens is 2. The Morgan fingerprint density at radius 1 is 1.60 bits per heavy atom. The van der Waals surface area contributed by atoms with Crippen molar-refractivity contribution in [1.82, 2.24) is 9.97 Å². The van der Waals surface area contributed by atoms with Gasteiger partial charge in [-0.15, -0.1) is 11.6 Å². The third-order valence-corrected chi connectivity index (χ3v) is 3.45. The Balaban J connectivity index is 2.07. The largest absolute Gasteiger partial charge is 0.378 e. The van der Waals surface area contributed by atoms with Gasteiger partial charge in [0.1, 0.15) is 0 Å². The van der Waals surface area contributed by atoms with Gasteiger partial charge in [-0.1, -0.05) is 0 Å². The van der Waals surface area contributed by atoms with E-state index in [9.17, 15) is 0 Å². The lowest BCUT2D eigenvalue weighted by molar-refractivity contribution is 0.196. The van der Waals surface area contributed by atoms with Crippen molar-refractivity contribution in [3.8, 4) is 0 Å². The monoisotopic (exact) mass is 291 g/mol. The summed E-state index contributed by atoms with van der Waals surface area (Å²) in [5, 5.41) is 3.14. The van der Waals surface area contributed by atoms with Crippen molar-refractivity contribution in [1.29, 1.82) is 0 Å². The number of hydrogen-bond acceptors (Lipinski definition) is 4. The summed E-state index contributed by atoms with van der Waals surface area (Å²) in [5.74, 6) is 0.594. The van der Waals surface area contributed by atoms with E-state index in [1.807, 2.05) is 6.92 Å². The zero-order valence-corrected chi connectivity index (χ0v) is 10.5. The van der Waals surface area contributed by atoms with Crippen molar-refractivity contribution < 1.29 is 4.74 Å².